The maximum Gasteiger partial charge on any atom is 0.339 e. The summed E-state index contributed by atoms with van der Waals surface area (Å²) in [6.45, 7) is 5.26. The molecule has 1 atom stereocenters. The van der Waals surface area contributed by atoms with Crippen LogP contribution in [0.2, 0.25) is 0 Å². The number of carboxylic acids is 1. The Morgan fingerprint density at radius 1 is 1.33 bits per heavy atom. The van der Waals surface area contributed by atoms with Crippen molar-refractivity contribution in [2.75, 3.05) is 5.32 Å². The van der Waals surface area contributed by atoms with E-state index in [1.54, 1.807) is 24.4 Å². The van der Waals surface area contributed by atoms with Crippen molar-refractivity contribution >= 4 is 45.5 Å². The molecule has 0 aromatic carbocycles. The van der Waals surface area contributed by atoms with Gasteiger partial charge in [-0.05, 0) is 37.3 Å². The smallest absolute Gasteiger partial charge is 0.339 e. The molecule has 0 spiro atoms. The first kappa shape index (κ1) is 18.2. The average molecular weight is 366 g/mol. The number of thiophene rings is 2. The molecule has 6 nitrogen and oxygen atoms in total. The summed E-state index contributed by atoms with van der Waals surface area (Å²) in [6.07, 6.45) is 0.574. The number of aromatic carboxylic acids is 1. The summed E-state index contributed by atoms with van der Waals surface area (Å²) in [5, 5.41) is 16.7. The second-order valence-corrected chi connectivity index (χ2v) is 7.33. The molecule has 0 aliphatic heterocycles. The van der Waals surface area contributed by atoms with Crippen molar-refractivity contribution in [3.05, 3.63) is 38.4 Å². The van der Waals surface area contributed by atoms with Gasteiger partial charge in [0.15, 0.2) is 0 Å². The van der Waals surface area contributed by atoms with Gasteiger partial charge in [0.2, 0.25) is 5.91 Å². The summed E-state index contributed by atoms with van der Waals surface area (Å²) in [5.41, 5.74) is 0.850. The van der Waals surface area contributed by atoms with E-state index in [2.05, 4.69) is 10.6 Å². The minimum Gasteiger partial charge on any atom is -0.478 e. The molecular formula is C16H18N2O4S2. The van der Waals surface area contributed by atoms with Gasteiger partial charge >= 0.3 is 5.97 Å². The third-order valence-electron chi connectivity index (χ3n) is 3.50. The van der Waals surface area contributed by atoms with E-state index in [0.717, 1.165) is 10.4 Å². The number of carbonyl (C=O) groups is 3. The van der Waals surface area contributed by atoms with Gasteiger partial charge in [-0.3, -0.25) is 9.59 Å². The molecule has 0 fully saturated rings. The van der Waals surface area contributed by atoms with Crippen LogP contribution in [0.15, 0.2) is 17.5 Å². The first-order chi connectivity index (χ1) is 11.3. The first-order valence-electron chi connectivity index (χ1n) is 7.35. The van der Waals surface area contributed by atoms with E-state index in [1.165, 1.54) is 22.7 Å². The van der Waals surface area contributed by atoms with Crippen molar-refractivity contribution in [2.24, 2.45) is 0 Å². The quantitative estimate of drug-likeness (QED) is 0.732. The minimum absolute atomic E-state index is 0.130. The van der Waals surface area contributed by atoms with E-state index in [1.807, 2.05) is 13.8 Å². The van der Waals surface area contributed by atoms with E-state index < -0.39 is 17.9 Å². The lowest BCUT2D eigenvalue weighted by molar-refractivity contribution is -0.117. The lowest BCUT2D eigenvalue weighted by Gasteiger charge is -2.13. The van der Waals surface area contributed by atoms with Crippen LogP contribution in [-0.2, 0) is 11.2 Å². The van der Waals surface area contributed by atoms with E-state index in [-0.39, 0.29) is 11.5 Å². The number of hydrogen-bond acceptors (Lipinski definition) is 5. The van der Waals surface area contributed by atoms with Gasteiger partial charge in [0.25, 0.3) is 5.91 Å². The van der Waals surface area contributed by atoms with Crippen molar-refractivity contribution in [1.82, 2.24) is 5.32 Å². The highest BCUT2D eigenvalue weighted by Crippen LogP contribution is 2.33. The second-order valence-electron chi connectivity index (χ2n) is 5.16. The van der Waals surface area contributed by atoms with Crippen LogP contribution in [-0.4, -0.2) is 28.9 Å². The Labute approximate surface area is 147 Å². The number of nitrogens with one attached hydrogen (secondary N) is 2. The molecule has 24 heavy (non-hydrogen) atoms. The number of amides is 2. The highest BCUT2D eigenvalue weighted by molar-refractivity contribution is 7.16. The highest BCUT2D eigenvalue weighted by Gasteiger charge is 2.24. The van der Waals surface area contributed by atoms with Gasteiger partial charge in [-0.1, -0.05) is 13.0 Å². The Bertz CT molecular complexity index is 765. The summed E-state index contributed by atoms with van der Waals surface area (Å²) in [7, 11) is 0. The Balaban J connectivity index is 2.12. The van der Waals surface area contributed by atoms with Crippen LogP contribution in [0.25, 0.3) is 0 Å². The summed E-state index contributed by atoms with van der Waals surface area (Å²) in [6, 6.07) is 2.64. The predicted molar refractivity (Wildman–Crippen MR) is 95.3 cm³/mol. The van der Waals surface area contributed by atoms with Crippen molar-refractivity contribution in [1.29, 1.82) is 0 Å². The topological polar surface area (TPSA) is 95.5 Å². The molecule has 128 valence electrons. The van der Waals surface area contributed by atoms with Gasteiger partial charge in [-0.15, -0.1) is 22.7 Å². The van der Waals surface area contributed by atoms with Gasteiger partial charge in [0.1, 0.15) is 11.0 Å². The van der Waals surface area contributed by atoms with Crippen LogP contribution >= 0.6 is 22.7 Å². The molecule has 0 saturated carbocycles. The molecule has 1 unspecified atom stereocenters. The van der Waals surface area contributed by atoms with Gasteiger partial charge in [0, 0.05) is 4.88 Å². The number of rotatable bonds is 6. The van der Waals surface area contributed by atoms with E-state index in [0.29, 0.717) is 16.3 Å². The number of carbonyl (C=O) groups excluding carboxylic acids is 2. The summed E-state index contributed by atoms with van der Waals surface area (Å²) in [5.74, 6) is -1.85. The normalized spacial score (nSPS) is 11.8. The van der Waals surface area contributed by atoms with Crippen molar-refractivity contribution in [2.45, 2.75) is 33.2 Å². The summed E-state index contributed by atoms with van der Waals surface area (Å²) in [4.78, 5) is 37.1. The highest BCUT2D eigenvalue weighted by atomic mass is 32.1. The molecule has 3 N–H and O–H groups in total. The van der Waals surface area contributed by atoms with Crippen LogP contribution < -0.4 is 10.6 Å². The first-order valence-corrected chi connectivity index (χ1v) is 9.05. The molecule has 2 heterocycles. The number of anilines is 1. The van der Waals surface area contributed by atoms with Crippen LogP contribution in [0, 0.1) is 6.92 Å². The van der Waals surface area contributed by atoms with E-state index in [9.17, 15) is 19.5 Å². The molecule has 0 radical (unpaired) electrons. The zero-order valence-corrected chi connectivity index (χ0v) is 15.1. The monoisotopic (exact) mass is 366 g/mol. The number of aryl methyl sites for hydroxylation is 1. The van der Waals surface area contributed by atoms with Gasteiger partial charge in [0.05, 0.1) is 10.4 Å². The maximum absolute atomic E-state index is 12.3. The van der Waals surface area contributed by atoms with Gasteiger partial charge < -0.3 is 15.7 Å². The fourth-order valence-electron chi connectivity index (χ4n) is 2.28. The SMILES string of the molecule is CCc1c(C)sc(NC(=O)C(C)NC(=O)c2cccs2)c1C(=O)O. The molecule has 0 aliphatic rings. The maximum atomic E-state index is 12.3. The van der Waals surface area contributed by atoms with E-state index >= 15 is 0 Å². The van der Waals surface area contributed by atoms with Crippen molar-refractivity contribution in [3.8, 4) is 0 Å². The molecule has 0 saturated heterocycles. The predicted octanol–water partition coefficient (Wildman–Crippen LogP) is 3.14. The molecule has 2 aromatic rings. The van der Waals surface area contributed by atoms with Crippen molar-refractivity contribution < 1.29 is 19.5 Å². The van der Waals surface area contributed by atoms with Gasteiger partial charge in [-0.2, -0.15) is 0 Å². The van der Waals surface area contributed by atoms with Crippen LogP contribution in [0.4, 0.5) is 5.00 Å². The Morgan fingerprint density at radius 3 is 2.58 bits per heavy atom. The van der Waals surface area contributed by atoms with Crippen molar-refractivity contribution in [3.63, 3.8) is 0 Å². The Kier molecular flexibility index (Phi) is 5.74. The second kappa shape index (κ2) is 7.59. The average Bonchev–Trinajstić information content (AvgIpc) is 3.14. The number of carboxylic acid groups (broad SMARTS) is 1. The van der Waals surface area contributed by atoms with Gasteiger partial charge in [-0.25, -0.2) is 4.79 Å². The summed E-state index contributed by atoms with van der Waals surface area (Å²) >= 11 is 2.52. The van der Waals surface area contributed by atoms with Crippen LogP contribution in [0.3, 0.4) is 0 Å². The third-order valence-corrected chi connectivity index (χ3v) is 5.43. The molecule has 2 amide bonds. The molecule has 0 aliphatic carbocycles. The zero-order chi connectivity index (χ0) is 17.9. The molecule has 2 rings (SSSR count). The molecule has 2 aromatic heterocycles. The number of hydrogen-bond donors (Lipinski definition) is 3. The van der Waals surface area contributed by atoms with E-state index in [4.69, 9.17) is 0 Å². The lowest BCUT2D eigenvalue weighted by Crippen LogP contribution is -2.41. The van der Waals surface area contributed by atoms with Crippen LogP contribution in [0.5, 0.6) is 0 Å². The Hall–Kier alpha value is -2.19. The Morgan fingerprint density at radius 2 is 2.04 bits per heavy atom. The lowest BCUT2D eigenvalue weighted by atomic mass is 10.1. The largest absolute Gasteiger partial charge is 0.478 e. The minimum atomic E-state index is -1.07. The zero-order valence-electron chi connectivity index (χ0n) is 13.5. The molecular weight excluding hydrogens is 348 g/mol. The summed E-state index contributed by atoms with van der Waals surface area (Å²) < 4.78 is 0. The standard InChI is InChI=1S/C16H18N2O4S2/c1-4-10-9(3)24-15(12(10)16(21)22)18-13(19)8(2)17-14(20)11-6-5-7-23-11/h5-8H,4H2,1-3H3,(H,17,20)(H,18,19)(H,21,22). The third kappa shape index (κ3) is 3.82. The fourth-order valence-corrected chi connectivity index (χ4v) is 4.05. The fraction of sp³-hybridized carbons (Fsp3) is 0.312. The molecule has 0 bridgehead atoms. The molecule has 8 heteroatoms. The van der Waals surface area contributed by atoms with Crippen LogP contribution in [0.1, 0.15) is 44.3 Å².